The monoisotopic (exact) mass is 348 g/mol. The molecular weight excluding hydrogens is 320 g/mol. The summed E-state index contributed by atoms with van der Waals surface area (Å²) in [5.74, 6) is -0.323. The number of ether oxygens (including phenoxy) is 2. The van der Waals surface area contributed by atoms with Crippen molar-refractivity contribution < 1.29 is 19.1 Å². The van der Waals surface area contributed by atoms with Gasteiger partial charge in [0.05, 0.1) is 12.5 Å². The van der Waals surface area contributed by atoms with Crippen LogP contribution in [0.2, 0.25) is 0 Å². The van der Waals surface area contributed by atoms with Crippen LogP contribution in [0.4, 0.5) is 10.5 Å². The molecule has 0 aromatic heterocycles. The average Bonchev–Trinajstić information content (AvgIpc) is 2.53. The van der Waals surface area contributed by atoms with E-state index in [4.69, 9.17) is 9.47 Å². The molecule has 1 aromatic rings. The Hall–Kier alpha value is -2.08. The number of rotatable bonds is 4. The molecule has 2 rings (SSSR count). The minimum atomic E-state index is -0.550. The van der Waals surface area contributed by atoms with Gasteiger partial charge in [-0.1, -0.05) is 12.1 Å². The maximum atomic E-state index is 12.2. The lowest BCUT2D eigenvalue weighted by molar-refractivity contribution is -0.149. The first kappa shape index (κ1) is 19.2. The lowest BCUT2D eigenvalue weighted by Crippen LogP contribution is -2.40. The van der Waals surface area contributed by atoms with Crippen molar-refractivity contribution in [1.82, 2.24) is 5.32 Å². The van der Waals surface area contributed by atoms with Crippen LogP contribution in [0, 0.1) is 5.92 Å². The normalized spacial score (nSPS) is 20.6. The number of carbonyl (C=O) groups is 2. The van der Waals surface area contributed by atoms with Crippen LogP contribution in [0.3, 0.4) is 0 Å². The van der Waals surface area contributed by atoms with Crippen molar-refractivity contribution in [3.8, 4) is 0 Å². The quantitative estimate of drug-likeness (QED) is 0.817. The number of nitrogens with one attached hydrogen (secondary N) is 2. The molecule has 1 aliphatic heterocycles. The number of amides is 1. The Morgan fingerprint density at radius 3 is 2.76 bits per heavy atom. The number of anilines is 1. The van der Waals surface area contributed by atoms with Crippen LogP contribution < -0.4 is 10.6 Å². The predicted octanol–water partition coefficient (Wildman–Crippen LogP) is 3.29. The van der Waals surface area contributed by atoms with Crippen molar-refractivity contribution in [1.29, 1.82) is 0 Å². The predicted molar refractivity (Wildman–Crippen MR) is 96.6 cm³/mol. The number of hydrogen-bond acceptors (Lipinski definition) is 5. The highest BCUT2D eigenvalue weighted by molar-refractivity contribution is 5.85. The van der Waals surface area contributed by atoms with Crippen LogP contribution in [0.5, 0.6) is 0 Å². The summed E-state index contributed by atoms with van der Waals surface area (Å²) in [7, 11) is 0. The molecule has 0 bridgehead atoms. The zero-order valence-electron chi connectivity index (χ0n) is 15.4. The fourth-order valence-electron chi connectivity index (χ4n) is 3.02. The summed E-state index contributed by atoms with van der Waals surface area (Å²) in [5.41, 5.74) is 1.13. The van der Waals surface area contributed by atoms with E-state index in [0.29, 0.717) is 18.8 Å². The molecule has 0 spiro atoms. The van der Waals surface area contributed by atoms with Crippen LogP contribution in [-0.2, 0) is 14.3 Å². The smallest absolute Gasteiger partial charge is 0.412 e. The SMILES string of the molecule is CCOC(=O)[C@@H]1CNCCC1c1cccc(NC(=O)OC(C)(C)C)c1. The summed E-state index contributed by atoms with van der Waals surface area (Å²) in [6, 6.07) is 7.59. The maximum absolute atomic E-state index is 12.2. The molecule has 1 unspecified atom stereocenters. The molecule has 25 heavy (non-hydrogen) atoms. The minimum Gasteiger partial charge on any atom is -0.466 e. The van der Waals surface area contributed by atoms with Gasteiger partial charge in [-0.3, -0.25) is 10.1 Å². The van der Waals surface area contributed by atoms with E-state index >= 15 is 0 Å². The lowest BCUT2D eigenvalue weighted by Gasteiger charge is -2.31. The van der Waals surface area contributed by atoms with E-state index in [0.717, 1.165) is 18.5 Å². The van der Waals surface area contributed by atoms with Gasteiger partial charge in [-0.05, 0) is 64.3 Å². The van der Waals surface area contributed by atoms with Gasteiger partial charge in [-0.25, -0.2) is 4.79 Å². The van der Waals surface area contributed by atoms with Crippen LogP contribution in [0.15, 0.2) is 24.3 Å². The van der Waals surface area contributed by atoms with Gasteiger partial charge in [-0.2, -0.15) is 0 Å². The number of esters is 1. The second-order valence-corrected chi connectivity index (χ2v) is 7.21. The van der Waals surface area contributed by atoms with Crippen molar-refractivity contribution in [2.75, 3.05) is 25.0 Å². The molecule has 0 radical (unpaired) electrons. The van der Waals surface area contributed by atoms with E-state index < -0.39 is 11.7 Å². The molecule has 1 saturated heterocycles. The maximum Gasteiger partial charge on any atom is 0.412 e. The van der Waals surface area contributed by atoms with E-state index in [9.17, 15) is 9.59 Å². The first-order valence-corrected chi connectivity index (χ1v) is 8.77. The number of benzene rings is 1. The highest BCUT2D eigenvalue weighted by Gasteiger charge is 2.33. The second kappa shape index (κ2) is 8.34. The Labute approximate surface area is 149 Å². The van der Waals surface area contributed by atoms with Gasteiger partial charge in [0.15, 0.2) is 0 Å². The summed E-state index contributed by atoms with van der Waals surface area (Å²) < 4.78 is 10.5. The molecule has 1 aliphatic rings. The second-order valence-electron chi connectivity index (χ2n) is 7.21. The topological polar surface area (TPSA) is 76.7 Å². The van der Waals surface area contributed by atoms with Crippen LogP contribution in [0.1, 0.15) is 45.6 Å². The third kappa shape index (κ3) is 5.74. The Morgan fingerprint density at radius 2 is 2.08 bits per heavy atom. The summed E-state index contributed by atoms with van der Waals surface area (Å²) in [4.78, 5) is 24.2. The molecule has 1 fully saturated rings. The van der Waals surface area contributed by atoms with Gasteiger partial charge in [0.25, 0.3) is 0 Å². The van der Waals surface area contributed by atoms with Crippen LogP contribution >= 0.6 is 0 Å². The van der Waals surface area contributed by atoms with E-state index in [-0.39, 0.29) is 17.8 Å². The molecular formula is C19H28N2O4. The fraction of sp³-hybridized carbons (Fsp3) is 0.579. The van der Waals surface area contributed by atoms with Gasteiger partial charge in [0.2, 0.25) is 0 Å². The third-order valence-electron chi connectivity index (χ3n) is 4.03. The number of piperidine rings is 1. The highest BCUT2D eigenvalue weighted by atomic mass is 16.6. The first-order valence-electron chi connectivity index (χ1n) is 8.77. The molecule has 1 heterocycles. The summed E-state index contributed by atoms with van der Waals surface area (Å²) in [6.07, 6.45) is 0.358. The molecule has 6 nitrogen and oxygen atoms in total. The van der Waals surface area contributed by atoms with E-state index in [1.165, 1.54) is 0 Å². The molecule has 1 aromatic carbocycles. The standard InChI is InChI=1S/C19H28N2O4/c1-5-24-17(22)16-12-20-10-9-15(16)13-7-6-8-14(11-13)21-18(23)25-19(2,3)4/h6-8,11,15-16,20H,5,9-10,12H2,1-4H3,(H,21,23)/t15?,16-/m1/s1. The molecule has 1 amide bonds. The molecule has 2 atom stereocenters. The summed E-state index contributed by atoms with van der Waals surface area (Å²) in [6.45, 7) is 9.11. The lowest BCUT2D eigenvalue weighted by atomic mass is 9.81. The molecule has 0 saturated carbocycles. The van der Waals surface area contributed by atoms with Gasteiger partial charge in [0, 0.05) is 12.2 Å². The molecule has 2 N–H and O–H groups in total. The van der Waals surface area contributed by atoms with Gasteiger partial charge in [-0.15, -0.1) is 0 Å². The van der Waals surface area contributed by atoms with Crippen molar-refractivity contribution in [2.24, 2.45) is 5.92 Å². The Balaban J connectivity index is 2.13. The summed E-state index contributed by atoms with van der Waals surface area (Å²) >= 11 is 0. The zero-order valence-corrected chi connectivity index (χ0v) is 15.4. The van der Waals surface area contributed by atoms with E-state index in [1.54, 1.807) is 0 Å². The zero-order chi connectivity index (χ0) is 18.4. The van der Waals surface area contributed by atoms with Gasteiger partial charge >= 0.3 is 12.1 Å². The Bertz CT molecular complexity index is 610. The van der Waals surface area contributed by atoms with E-state index in [2.05, 4.69) is 10.6 Å². The van der Waals surface area contributed by atoms with Crippen molar-refractivity contribution in [3.63, 3.8) is 0 Å². The van der Waals surface area contributed by atoms with Crippen molar-refractivity contribution >= 4 is 17.7 Å². The fourth-order valence-corrected chi connectivity index (χ4v) is 3.02. The molecule has 6 heteroatoms. The largest absolute Gasteiger partial charge is 0.466 e. The first-order chi connectivity index (χ1) is 11.8. The summed E-state index contributed by atoms with van der Waals surface area (Å²) in [5, 5.41) is 6.01. The van der Waals surface area contributed by atoms with Crippen LogP contribution in [-0.4, -0.2) is 37.4 Å². The third-order valence-corrected chi connectivity index (χ3v) is 4.03. The van der Waals surface area contributed by atoms with Gasteiger partial charge in [0.1, 0.15) is 5.60 Å². The Morgan fingerprint density at radius 1 is 1.32 bits per heavy atom. The average molecular weight is 348 g/mol. The number of carbonyl (C=O) groups excluding carboxylic acids is 2. The van der Waals surface area contributed by atoms with Gasteiger partial charge < -0.3 is 14.8 Å². The van der Waals surface area contributed by atoms with E-state index in [1.807, 2.05) is 52.0 Å². The minimum absolute atomic E-state index is 0.0701. The molecule has 0 aliphatic carbocycles. The van der Waals surface area contributed by atoms with Crippen molar-refractivity contribution in [2.45, 2.75) is 45.6 Å². The highest BCUT2D eigenvalue weighted by Crippen LogP contribution is 2.32. The molecule has 138 valence electrons. The Kier molecular flexibility index (Phi) is 6.42. The van der Waals surface area contributed by atoms with Crippen LogP contribution in [0.25, 0.3) is 0 Å². The number of hydrogen-bond donors (Lipinski definition) is 2. The van der Waals surface area contributed by atoms with Crippen molar-refractivity contribution in [3.05, 3.63) is 29.8 Å².